The average molecular weight is 502 g/mol. The van der Waals surface area contributed by atoms with Crippen LogP contribution < -0.4 is 10.2 Å². The number of hydrogen-bond acceptors (Lipinski definition) is 6. The highest BCUT2D eigenvalue weighted by Crippen LogP contribution is 2.37. The number of likely N-dealkylation sites (tertiary alicyclic amines) is 1. The molecule has 7 nitrogen and oxygen atoms in total. The molecule has 0 amide bonds. The monoisotopic (exact) mass is 501 g/mol. The molecule has 0 spiro atoms. The minimum absolute atomic E-state index is 0.600. The third-order valence-electron chi connectivity index (χ3n) is 8.11. The van der Waals surface area contributed by atoms with Crippen molar-refractivity contribution in [3.8, 4) is 16.9 Å². The molecule has 2 aromatic carbocycles. The molecule has 2 bridgehead atoms. The molecule has 1 N–H and O–H groups in total. The van der Waals surface area contributed by atoms with Gasteiger partial charge in [0.1, 0.15) is 0 Å². The van der Waals surface area contributed by atoms with Gasteiger partial charge in [0.15, 0.2) is 0 Å². The summed E-state index contributed by atoms with van der Waals surface area (Å²) in [5.74, 6) is 0.600. The number of piperazine rings is 1. The minimum atomic E-state index is 0.600. The molecule has 0 saturated carbocycles. The number of rotatable bonds is 6. The van der Waals surface area contributed by atoms with Crippen LogP contribution in [-0.2, 0) is 0 Å². The van der Waals surface area contributed by atoms with Crippen LogP contribution in [0.15, 0.2) is 85.5 Å². The first-order valence-corrected chi connectivity index (χ1v) is 13.4. The van der Waals surface area contributed by atoms with E-state index in [0.29, 0.717) is 18.0 Å². The number of aryl methyl sites for hydroxylation is 1. The van der Waals surface area contributed by atoms with Gasteiger partial charge in [-0.2, -0.15) is 0 Å². The standard InChI is InChI=1S/C31H31N7/c1-3-36-19-27-18-26(36)20-38(27)29-7-5-24(16-21(29)2)34-31-33-14-10-28(35-31)22-4-6-30-23(17-22)11-15-37(30)25-8-12-32-13-9-25/h4-17,26-27H,3,18-20H2,1-2H3,(H,33,34,35). The molecule has 3 aromatic heterocycles. The summed E-state index contributed by atoms with van der Waals surface area (Å²) >= 11 is 0. The number of pyridine rings is 1. The predicted molar refractivity (Wildman–Crippen MR) is 153 cm³/mol. The van der Waals surface area contributed by atoms with Gasteiger partial charge in [-0.3, -0.25) is 9.88 Å². The van der Waals surface area contributed by atoms with E-state index in [0.717, 1.165) is 46.6 Å². The first kappa shape index (κ1) is 22.9. The lowest BCUT2D eigenvalue weighted by molar-refractivity contribution is 0.251. The second-order valence-corrected chi connectivity index (χ2v) is 10.3. The van der Waals surface area contributed by atoms with Crippen LogP contribution in [0, 0.1) is 6.92 Å². The van der Waals surface area contributed by atoms with Crippen LogP contribution in [-0.4, -0.2) is 56.1 Å². The van der Waals surface area contributed by atoms with Crippen LogP contribution in [0.3, 0.4) is 0 Å². The summed E-state index contributed by atoms with van der Waals surface area (Å²) in [6.45, 7) is 7.94. The lowest BCUT2D eigenvalue weighted by atomic mass is 10.1. The van der Waals surface area contributed by atoms with Crippen molar-refractivity contribution in [1.82, 2.24) is 24.4 Å². The number of nitrogens with zero attached hydrogens (tertiary/aromatic N) is 6. The van der Waals surface area contributed by atoms with Gasteiger partial charge < -0.3 is 14.8 Å². The van der Waals surface area contributed by atoms with Gasteiger partial charge >= 0.3 is 0 Å². The van der Waals surface area contributed by atoms with E-state index in [9.17, 15) is 0 Å². The Kier molecular flexibility index (Phi) is 5.59. The quantitative estimate of drug-likeness (QED) is 0.317. The van der Waals surface area contributed by atoms with E-state index in [2.05, 4.69) is 92.2 Å². The Labute approximate surface area is 222 Å². The van der Waals surface area contributed by atoms with Crippen molar-refractivity contribution in [3.63, 3.8) is 0 Å². The van der Waals surface area contributed by atoms with E-state index in [-0.39, 0.29) is 0 Å². The lowest BCUT2D eigenvalue weighted by Gasteiger charge is -2.36. The van der Waals surface area contributed by atoms with E-state index in [1.807, 2.05) is 36.8 Å². The van der Waals surface area contributed by atoms with Crippen molar-refractivity contribution in [2.24, 2.45) is 0 Å². The van der Waals surface area contributed by atoms with Gasteiger partial charge in [-0.25, -0.2) is 9.97 Å². The van der Waals surface area contributed by atoms with Crippen LogP contribution in [0.4, 0.5) is 17.3 Å². The highest BCUT2D eigenvalue weighted by Gasteiger charge is 2.42. The molecular weight excluding hydrogens is 470 g/mol. The van der Waals surface area contributed by atoms with Crippen LogP contribution >= 0.6 is 0 Å². The number of hydrogen-bond donors (Lipinski definition) is 1. The van der Waals surface area contributed by atoms with Gasteiger partial charge in [0.05, 0.1) is 11.2 Å². The van der Waals surface area contributed by atoms with Crippen molar-refractivity contribution in [3.05, 3.63) is 91.0 Å². The Bertz CT molecular complexity index is 1610. The molecule has 2 unspecified atom stereocenters. The number of aromatic nitrogens is 4. The Balaban J connectivity index is 1.10. The van der Waals surface area contributed by atoms with Gasteiger partial charge in [0, 0.05) is 78.0 Å². The molecule has 0 aliphatic carbocycles. The molecule has 2 fully saturated rings. The molecule has 190 valence electrons. The molecule has 5 aromatic rings. The molecule has 5 heterocycles. The first-order valence-electron chi connectivity index (χ1n) is 13.4. The molecule has 7 heteroatoms. The van der Waals surface area contributed by atoms with Crippen molar-refractivity contribution < 1.29 is 0 Å². The van der Waals surface area contributed by atoms with Gasteiger partial charge in [-0.15, -0.1) is 0 Å². The Morgan fingerprint density at radius 2 is 1.82 bits per heavy atom. The fourth-order valence-corrected chi connectivity index (χ4v) is 6.23. The summed E-state index contributed by atoms with van der Waals surface area (Å²) in [6, 6.07) is 22.5. The second kappa shape index (κ2) is 9.26. The molecule has 2 aliphatic rings. The first-order chi connectivity index (χ1) is 18.7. The van der Waals surface area contributed by atoms with Gasteiger partial charge in [0.2, 0.25) is 5.95 Å². The smallest absolute Gasteiger partial charge is 0.227 e. The average Bonchev–Trinajstić information content (AvgIpc) is 3.68. The van der Waals surface area contributed by atoms with Crippen LogP contribution in [0.1, 0.15) is 18.9 Å². The number of benzene rings is 2. The van der Waals surface area contributed by atoms with Crippen LogP contribution in [0.5, 0.6) is 0 Å². The summed E-state index contributed by atoms with van der Waals surface area (Å²) in [7, 11) is 0. The molecule has 38 heavy (non-hydrogen) atoms. The minimum Gasteiger partial charge on any atom is -0.365 e. The SMILES string of the molecule is CCN1CC2CC1CN2c1ccc(Nc2nccc(-c3ccc4c(ccn4-c4ccncc4)c3)n2)cc1C. The molecule has 7 rings (SSSR count). The van der Waals surface area contributed by atoms with Crippen LogP contribution in [0.25, 0.3) is 27.8 Å². The van der Waals surface area contributed by atoms with Crippen molar-refractivity contribution >= 4 is 28.2 Å². The van der Waals surface area contributed by atoms with E-state index >= 15 is 0 Å². The zero-order chi connectivity index (χ0) is 25.6. The zero-order valence-corrected chi connectivity index (χ0v) is 21.7. The summed E-state index contributed by atoms with van der Waals surface area (Å²) in [5.41, 5.74) is 7.84. The third-order valence-corrected chi connectivity index (χ3v) is 8.11. The summed E-state index contributed by atoms with van der Waals surface area (Å²) < 4.78 is 2.17. The second-order valence-electron chi connectivity index (χ2n) is 10.3. The fourth-order valence-electron chi connectivity index (χ4n) is 6.23. The maximum atomic E-state index is 4.84. The summed E-state index contributed by atoms with van der Waals surface area (Å²) in [4.78, 5) is 18.7. The van der Waals surface area contributed by atoms with Gasteiger partial charge in [0.25, 0.3) is 0 Å². The van der Waals surface area contributed by atoms with E-state index in [4.69, 9.17) is 4.98 Å². The molecular formula is C31H31N7. The third kappa shape index (κ3) is 4.00. The predicted octanol–water partition coefficient (Wildman–Crippen LogP) is 5.82. The normalized spacial score (nSPS) is 18.9. The maximum Gasteiger partial charge on any atom is 0.227 e. The van der Waals surface area contributed by atoms with Crippen molar-refractivity contribution in [2.75, 3.05) is 29.9 Å². The van der Waals surface area contributed by atoms with Crippen LogP contribution in [0.2, 0.25) is 0 Å². The van der Waals surface area contributed by atoms with E-state index < -0.39 is 0 Å². The summed E-state index contributed by atoms with van der Waals surface area (Å²) in [5, 5.41) is 4.59. The summed E-state index contributed by atoms with van der Waals surface area (Å²) in [6.07, 6.45) is 8.83. The molecule has 0 radical (unpaired) electrons. The number of nitrogens with one attached hydrogen (secondary N) is 1. The fraction of sp³-hybridized carbons (Fsp3) is 0.258. The number of anilines is 3. The zero-order valence-electron chi connectivity index (χ0n) is 21.7. The number of likely N-dealkylation sites (N-methyl/N-ethyl adjacent to an activating group) is 1. The Hall–Kier alpha value is -4.23. The highest BCUT2D eigenvalue weighted by atomic mass is 15.3. The van der Waals surface area contributed by atoms with Crippen molar-refractivity contribution in [2.45, 2.75) is 32.4 Å². The molecule has 2 saturated heterocycles. The van der Waals surface area contributed by atoms with Gasteiger partial charge in [-0.1, -0.05) is 13.0 Å². The molecule has 2 aliphatic heterocycles. The topological polar surface area (TPSA) is 62.1 Å². The molecule has 2 atom stereocenters. The maximum absolute atomic E-state index is 4.84. The van der Waals surface area contributed by atoms with E-state index in [1.54, 1.807) is 0 Å². The van der Waals surface area contributed by atoms with Gasteiger partial charge in [-0.05, 0) is 80.1 Å². The van der Waals surface area contributed by atoms with Crippen molar-refractivity contribution in [1.29, 1.82) is 0 Å². The largest absolute Gasteiger partial charge is 0.365 e. The van der Waals surface area contributed by atoms with E-state index in [1.165, 1.54) is 24.2 Å². The Morgan fingerprint density at radius 1 is 0.921 bits per heavy atom. The number of fused-ring (bicyclic) bond motifs is 3. The lowest BCUT2D eigenvalue weighted by Crippen LogP contribution is -2.46. The Morgan fingerprint density at radius 3 is 2.61 bits per heavy atom. The highest BCUT2D eigenvalue weighted by molar-refractivity contribution is 5.86.